The standard InChI is InChI=1S/C12H17N3O/c1-9-6-11(16-12(9)7-13-3)8-15-5-4-10(2)14-15/h4-6,13H,7-8H2,1-3H3. The van der Waals surface area contributed by atoms with E-state index >= 15 is 0 Å². The first-order valence-corrected chi connectivity index (χ1v) is 5.42. The molecular formula is C12H17N3O. The van der Waals surface area contributed by atoms with Crippen molar-refractivity contribution >= 4 is 0 Å². The summed E-state index contributed by atoms with van der Waals surface area (Å²) in [6, 6.07) is 4.06. The lowest BCUT2D eigenvalue weighted by Gasteiger charge is -1.98. The SMILES string of the molecule is CNCc1oc(Cn2ccc(C)n2)cc1C. The second-order valence-electron chi connectivity index (χ2n) is 4.00. The molecule has 0 atom stereocenters. The summed E-state index contributed by atoms with van der Waals surface area (Å²) >= 11 is 0. The summed E-state index contributed by atoms with van der Waals surface area (Å²) < 4.78 is 7.63. The molecule has 0 aliphatic carbocycles. The molecule has 16 heavy (non-hydrogen) atoms. The number of furan rings is 1. The highest BCUT2D eigenvalue weighted by molar-refractivity contribution is 5.20. The number of nitrogens with zero attached hydrogens (tertiary/aromatic N) is 2. The molecule has 0 saturated heterocycles. The predicted octanol–water partition coefficient (Wildman–Crippen LogP) is 1.86. The van der Waals surface area contributed by atoms with Crippen molar-refractivity contribution in [3.05, 3.63) is 41.1 Å². The van der Waals surface area contributed by atoms with Crippen LogP contribution in [-0.4, -0.2) is 16.8 Å². The van der Waals surface area contributed by atoms with Crippen LogP contribution in [0.5, 0.6) is 0 Å². The molecule has 0 aromatic carbocycles. The van der Waals surface area contributed by atoms with E-state index in [9.17, 15) is 0 Å². The Morgan fingerprint density at radius 2 is 2.25 bits per heavy atom. The van der Waals surface area contributed by atoms with E-state index in [4.69, 9.17) is 4.42 Å². The molecule has 4 nitrogen and oxygen atoms in total. The van der Waals surface area contributed by atoms with E-state index in [0.717, 1.165) is 23.8 Å². The van der Waals surface area contributed by atoms with Crippen LogP contribution >= 0.6 is 0 Å². The molecule has 86 valence electrons. The zero-order valence-electron chi connectivity index (χ0n) is 9.95. The molecule has 2 aromatic heterocycles. The Kier molecular flexibility index (Phi) is 3.10. The quantitative estimate of drug-likeness (QED) is 0.853. The van der Waals surface area contributed by atoms with Crippen LogP contribution in [0.2, 0.25) is 0 Å². The maximum absolute atomic E-state index is 5.74. The highest BCUT2D eigenvalue weighted by Crippen LogP contribution is 2.15. The number of hydrogen-bond donors (Lipinski definition) is 1. The van der Waals surface area contributed by atoms with Crippen LogP contribution in [0.4, 0.5) is 0 Å². The van der Waals surface area contributed by atoms with Gasteiger partial charge in [-0.25, -0.2) is 0 Å². The fourth-order valence-electron chi connectivity index (χ4n) is 1.72. The average Bonchev–Trinajstić information content (AvgIpc) is 2.76. The largest absolute Gasteiger partial charge is 0.462 e. The molecule has 0 unspecified atom stereocenters. The maximum Gasteiger partial charge on any atom is 0.126 e. The van der Waals surface area contributed by atoms with E-state index in [2.05, 4.69) is 23.4 Å². The third-order valence-electron chi connectivity index (χ3n) is 2.50. The highest BCUT2D eigenvalue weighted by atomic mass is 16.3. The normalized spacial score (nSPS) is 10.9. The zero-order chi connectivity index (χ0) is 11.5. The summed E-state index contributed by atoms with van der Waals surface area (Å²) in [6.45, 7) is 5.51. The molecule has 0 aliphatic rings. The molecule has 0 bridgehead atoms. The maximum atomic E-state index is 5.74. The van der Waals surface area contributed by atoms with Crippen molar-refractivity contribution in [2.24, 2.45) is 0 Å². The van der Waals surface area contributed by atoms with Crippen molar-refractivity contribution in [1.82, 2.24) is 15.1 Å². The van der Waals surface area contributed by atoms with Gasteiger partial charge in [0.2, 0.25) is 0 Å². The molecule has 0 fully saturated rings. The van der Waals surface area contributed by atoms with Gasteiger partial charge in [0.25, 0.3) is 0 Å². The fourth-order valence-corrected chi connectivity index (χ4v) is 1.72. The van der Waals surface area contributed by atoms with E-state index in [1.807, 2.05) is 30.9 Å². The lowest BCUT2D eigenvalue weighted by Crippen LogP contribution is -2.04. The summed E-state index contributed by atoms with van der Waals surface area (Å²) in [4.78, 5) is 0. The number of hydrogen-bond acceptors (Lipinski definition) is 3. The van der Waals surface area contributed by atoms with Crippen LogP contribution < -0.4 is 5.32 Å². The van der Waals surface area contributed by atoms with Crippen molar-refractivity contribution in [2.45, 2.75) is 26.9 Å². The number of aromatic nitrogens is 2. The van der Waals surface area contributed by atoms with E-state index in [-0.39, 0.29) is 0 Å². The molecule has 0 spiro atoms. The van der Waals surface area contributed by atoms with Crippen LogP contribution in [0.3, 0.4) is 0 Å². The minimum absolute atomic E-state index is 0.693. The van der Waals surface area contributed by atoms with Gasteiger partial charge in [-0.2, -0.15) is 5.10 Å². The van der Waals surface area contributed by atoms with E-state index in [0.29, 0.717) is 6.54 Å². The average molecular weight is 219 g/mol. The van der Waals surface area contributed by atoms with E-state index in [1.54, 1.807) is 0 Å². The van der Waals surface area contributed by atoms with Crippen molar-refractivity contribution in [3.63, 3.8) is 0 Å². The van der Waals surface area contributed by atoms with Gasteiger partial charge in [0.05, 0.1) is 18.8 Å². The number of nitrogens with one attached hydrogen (secondary N) is 1. The lowest BCUT2D eigenvalue weighted by atomic mass is 10.2. The summed E-state index contributed by atoms with van der Waals surface area (Å²) in [5.41, 5.74) is 2.21. The predicted molar refractivity (Wildman–Crippen MR) is 62.3 cm³/mol. The monoisotopic (exact) mass is 219 g/mol. The zero-order valence-corrected chi connectivity index (χ0v) is 9.95. The first kappa shape index (κ1) is 11.0. The van der Waals surface area contributed by atoms with Crippen molar-refractivity contribution in [3.8, 4) is 0 Å². The van der Waals surface area contributed by atoms with Gasteiger partial charge in [-0.15, -0.1) is 0 Å². The minimum Gasteiger partial charge on any atom is -0.462 e. The molecule has 2 aromatic rings. The van der Waals surface area contributed by atoms with Gasteiger partial charge in [0, 0.05) is 6.20 Å². The highest BCUT2D eigenvalue weighted by Gasteiger charge is 2.07. The van der Waals surface area contributed by atoms with Crippen molar-refractivity contribution in [2.75, 3.05) is 7.05 Å². The van der Waals surface area contributed by atoms with Gasteiger partial charge in [-0.05, 0) is 38.6 Å². The van der Waals surface area contributed by atoms with E-state index in [1.165, 1.54) is 5.56 Å². The van der Waals surface area contributed by atoms with Gasteiger partial charge in [-0.3, -0.25) is 4.68 Å². The Morgan fingerprint density at radius 3 is 2.88 bits per heavy atom. The first-order chi connectivity index (χ1) is 7.69. The Labute approximate surface area is 95.3 Å². The smallest absolute Gasteiger partial charge is 0.126 e. The molecule has 0 saturated carbocycles. The van der Waals surface area contributed by atoms with Gasteiger partial charge < -0.3 is 9.73 Å². The Hall–Kier alpha value is -1.55. The van der Waals surface area contributed by atoms with Crippen LogP contribution in [0, 0.1) is 13.8 Å². The van der Waals surface area contributed by atoms with Crippen LogP contribution in [0.1, 0.15) is 22.8 Å². The third kappa shape index (κ3) is 2.33. The van der Waals surface area contributed by atoms with Crippen molar-refractivity contribution in [1.29, 1.82) is 0 Å². The minimum atomic E-state index is 0.693. The second kappa shape index (κ2) is 4.53. The molecular weight excluding hydrogens is 202 g/mol. The molecule has 1 N–H and O–H groups in total. The lowest BCUT2D eigenvalue weighted by molar-refractivity contribution is 0.434. The van der Waals surface area contributed by atoms with Gasteiger partial charge >= 0.3 is 0 Å². The third-order valence-corrected chi connectivity index (χ3v) is 2.50. The van der Waals surface area contributed by atoms with Crippen LogP contribution in [-0.2, 0) is 13.1 Å². The number of aryl methyl sites for hydroxylation is 2. The van der Waals surface area contributed by atoms with E-state index < -0.39 is 0 Å². The number of rotatable bonds is 4. The molecule has 0 aliphatic heterocycles. The summed E-state index contributed by atoms with van der Waals surface area (Å²) in [5, 5.41) is 7.42. The molecule has 4 heteroatoms. The van der Waals surface area contributed by atoms with Gasteiger partial charge in [0.15, 0.2) is 0 Å². The van der Waals surface area contributed by atoms with Gasteiger partial charge in [0.1, 0.15) is 11.5 Å². The molecule has 0 radical (unpaired) electrons. The van der Waals surface area contributed by atoms with Crippen LogP contribution in [0.15, 0.2) is 22.7 Å². The fraction of sp³-hybridized carbons (Fsp3) is 0.417. The summed E-state index contributed by atoms with van der Waals surface area (Å²) in [6.07, 6.45) is 1.96. The Morgan fingerprint density at radius 1 is 1.44 bits per heavy atom. The first-order valence-electron chi connectivity index (χ1n) is 5.42. The Balaban J connectivity index is 2.13. The van der Waals surface area contributed by atoms with Crippen molar-refractivity contribution < 1.29 is 4.42 Å². The summed E-state index contributed by atoms with van der Waals surface area (Å²) in [5.74, 6) is 1.95. The summed E-state index contributed by atoms with van der Waals surface area (Å²) in [7, 11) is 1.92. The molecule has 2 heterocycles. The molecule has 0 amide bonds. The molecule has 2 rings (SSSR count). The Bertz CT molecular complexity index is 470. The van der Waals surface area contributed by atoms with Crippen LogP contribution in [0.25, 0.3) is 0 Å². The second-order valence-corrected chi connectivity index (χ2v) is 4.00. The van der Waals surface area contributed by atoms with Gasteiger partial charge in [-0.1, -0.05) is 0 Å². The topological polar surface area (TPSA) is 43.0 Å².